The average molecular weight is 273 g/mol. The third-order valence-electron chi connectivity index (χ3n) is 3.08. The van der Waals surface area contributed by atoms with Gasteiger partial charge in [-0.2, -0.15) is 4.68 Å². The van der Waals surface area contributed by atoms with Crippen molar-refractivity contribution in [2.24, 2.45) is 0 Å². The maximum Gasteiger partial charge on any atom is 0.392 e. The zero-order valence-electron chi connectivity index (χ0n) is 11.4. The summed E-state index contributed by atoms with van der Waals surface area (Å²) in [6.45, 7) is 3.64. The van der Waals surface area contributed by atoms with Gasteiger partial charge in [-0.25, -0.2) is 0 Å². The van der Waals surface area contributed by atoms with E-state index in [0.717, 1.165) is 12.0 Å². The highest BCUT2D eigenvalue weighted by atomic mass is 16.6. The fraction of sp³-hybridized carbons (Fsp3) is 0.286. The Bertz CT molecular complexity index is 644. The highest BCUT2D eigenvalue weighted by Gasteiger charge is 2.18. The van der Waals surface area contributed by atoms with Gasteiger partial charge in [-0.3, -0.25) is 4.79 Å². The molecule has 6 nitrogen and oxygen atoms in total. The monoisotopic (exact) mass is 273 g/mol. The molecule has 0 aliphatic rings. The second-order valence-corrected chi connectivity index (χ2v) is 4.56. The number of hydrogen-bond donors (Lipinski definition) is 0. The van der Waals surface area contributed by atoms with Gasteiger partial charge in [-0.15, -0.1) is 0 Å². The summed E-state index contributed by atoms with van der Waals surface area (Å²) in [7, 11) is 0. The Morgan fingerprint density at radius 3 is 2.50 bits per heavy atom. The molecule has 0 saturated carbocycles. The number of rotatable bonds is 5. The molecule has 0 aliphatic carbocycles. The molecule has 104 valence electrons. The summed E-state index contributed by atoms with van der Waals surface area (Å²) in [5.74, 6) is -0.329. The number of benzene rings is 1. The molecule has 1 aromatic heterocycles. The summed E-state index contributed by atoms with van der Waals surface area (Å²) < 4.78 is 1.31. The van der Waals surface area contributed by atoms with Crippen LogP contribution in [0.15, 0.2) is 30.5 Å². The Kier molecular flexibility index (Phi) is 3.93. The number of aromatic nitrogens is 2. The lowest BCUT2D eigenvalue weighted by Gasteiger charge is -2.01. The van der Waals surface area contributed by atoms with Crippen molar-refractivity contribution in [3.8, 4) is 0 Å². The van der Waals surface area contributed by atoms with Crippen molar-refractivity contribution in [3.05, 3.63) is 57.3 Å². The minimum Gasteiger partial charge on any atom is -0.358 e. The van der Waals surface area contributed by atoms with Crippen LogP contribution in [0.2, 0.25) is 0 Å². The zero-order valence-corrected chi connectivity index (χ0v) is 11.4. The first-order chi connectivity index (χ1) is 9.51. The van der Waals surface area contributed by atoms with Crippen LogP contribution in [0.3, 0.4) is 0 Å². The van der Waals surface area contributed by atoms with Crippen molar-refractivity contribution in [3.63, 3.8) is 0 Å². The van der Waals surface area contributed by atoms with Gasteiger partial charge in [0.2, 0.25) is 0 Å². The Labute approximate surface area is 116 Å². The molecule has 0 N–H and O–H groups in total. The molecule has 0 atom stereocenters. The lowest BCUT2D eigenvalue weighted by molar-refractivity contribution is -0.390. The first-order valence-corrected chi connectivity index (χ1v) is 6.32. The van der Waals surface area contributed by atoms with Crippen molar-refractivity contribution in [1.29, 1.82) is 0 Å². The molecular weight excluding hydrogens is 258 g/mol. The highest BCUT2D eigenvalue weighted by molar-refractivity contribution is 5.95. The third-order valence-corrected chi connectivity index (χ3v) is 3.08. The van der Waals surface area contributed by atoms with E-state index in [1.807, 2.05) is 19.1 Å². The van der Waals surface area contributed by atoms with Gasteiger partial charge in [0.25, 0.3) is 0 Å². The predicted octanol–water partition coefficient (Wildman–Crippen LogP) is 2.55. The summed E-state index contributed by atoms with van der Waals surface area (Å²) in [5.41, 5.74) is 2.19. The Hall–Kier alpha value is -2.50. The van der Waals surface area contributed by atoms with Gasteiger partial charge < -0.3 is 10.1 Å². The lowest BCUT2D eigenvalue weighted by Crippen LogP contribution is -2.11. The largest absolute Gasteiger partial charge is 0.392 e. The van der Waals surface area contributed by atoms with Crippen molar-refractivity contribution in [2.75, 3.05) is 0 Å². The molecule has 6 heteroatoms. The average Bonchev–Trinajstić information content (AvgIpc) is 2.79. The normalized spacial score (nSPS) is 10.5. The van der Waals surface area contributed by atoms with Crippen LogP contribution >= 0.6 is 0 Å². The van der Waals surface area contributed by atoms with Crippen molar-refractivity contribution >= 4 is 11.6 Å². The summed E-state index contributed by atoms with van der Waals surface area (Å²) in [6, 6.07) is 7.35. The minimum atomic E-state index is -0.549. The molecule has 2 rings (SSSR count). The van der Waals surface area contributed by atoms with Crippen LogP contribution in [-0.2, 0) is 13.0 Å². The van der Waals surface area contributed by atoms with Gasteiger partial charge >= 0.3 is 5.82 Å². The molecule has 0 bridgehead atoms. The number of Topliss-reactive ketones (excluding diaryl/α,β-unsaturated/α-hetero) is 1. The topological polar surface area (TPSA) is 78.0 Å². The highest BCUT2D eigenvalue weighted by Crippen LogP contribution is 2.14. The number of carbonyl (C=O) groups is 1. The predicted molar refractivity (Wildman–Crippen MR) is 73.8 cm³/mol. The van der Waals surface area contributed by atoms with Gasteiger partial charge in [0.1, 0.15) is 6.54 Å². The minimum absolute atomic E-state index is 0.000150. The Morgan fingerprint density at radius 2 is 2.00 bits per heavy atom. The van der Waals surface area contributed by atoms with Crippen LogP contribution in [-0.4, -0.2) is 20.5 Å². The van der Waals surface area contributed by atoms with Crippen molar-refractivity contribution < 1.29 is 9.72 Å². The standard InChI is InChI=1S/C14H15N3O3/c1-3-11-4-6-12(7-5-11)13(18)9-16-8-10(2)14(15-16)17(19)20/h4-8H,3,9H2,1-2H3. The van der Waals surface area contributed by atoms with E-state index in [-0.39, 0.29) is 18.1 Å². The molecule has 0 unspecified atom stereocenters. The Morgan fingerprint density at radius 1 is 1.35 bits per heavy atom. The molecule has 0 fully saturated rings. The van der Waals surface area contributed by atoms with Crippen LogP contribution < -0.4 is 0 Å². The van der Waals surface area contributed by atoms with Crippen molar-refractivity contribution in [1.82, 2.24) is 9.78 Å². The molecule has 0 aliphatic heterocycles. The molecule has 20 heavy (non-hydrogen) atoms. The first kappa shape index (κ1) is 13.9. The maximum absolute atomic E-state index is 12.1. The van der Waals surface area contributed by atoms with Crippen LogP contribution in [0.5, 0.6) is 0 Å². The fourth-order valence-corrected chi connectivity index (χ4v) is 1.94. The summed E-state index contributed by atoms with van der Waals surface area (Å²) in [4.78, 5) is 22.2. The fourth-order valence-electron chi connectivity index (χ4n) is 1.94. The smallest absolute Gasteiger partial charge is 0.358 e. The van der Waals surface area contributed by atoms with Crippen LogP contribution in [0, 0.1) is 17.0 Å². The van der Waals surface area contributed by atoms with E-state index in [0.29, 0.717) is 11.1 Å². The van der Waals surface area contributed by atoms with E-state index in [4.69, 9.17) is 0 Å². The van der Waals surface area contributed by atoms with E-state index in [1.165, 1.54) is 10.9 Å². The van der Waals surface area contributed by atoms with Crippen LogP contribution in [0.4, 0.5) is 5.82 Å². The lowest BCUT2D eigenvalue weighted by atomic mass is 10.1. The number of nitrogens with zero attached hydrogens (tertiary/aromatic N) is 3. The SMILES string of the molecule is CCc1ccc(C(=O)Cn2cc(C)c([N+](=O)[O-])n2)cc1. The molecule has 0 radical (unpaired) electrons. The van der Waals surface area contributed by atoms with Gasteiger partial charge in [0, 0.05) is 5.56 Å². The van der Waals surface area contributed by atoms with Gasteiger partial charge in [0.15, 0.2) is 5.78 Å². The number of carbonyl (C=O) groups excluding carboxylic acids is 1. The third kappa shape index (κ3) is 2.90. The van der Waals surface area contributed by atoms with E-state index >= 15 is 0 Å². The second kappa shape index (κ2) is 5.64. The van der Waals surface area contributed by atoms with Gasteiger partial charge in [0.05, 0.1) is 16.9 Å². The van der Waals surface area contributed by atoms with E-state index < -0.39 is 4.92 Å². The summed E-state index contributed by atoms with van der Waals surface area (Å²) in [6.07, 6.45) is 2.43. The molecule has 0 saturated heterocycles. The van der Waals surface area contributed by atoms with Gasteiger partial charge in [-0.1, -0.05) is 31.2 Å². The van der Waals surface area contributed by atoms with Gasteiger partial charge in [-0.05, 0) is 23.8 Å². The van der Waals surface area contributed by atoms with Crippen molar-refractivity contribution in [2.45, 2.75) is 26.8 Å². The summed E-state index contributed by atoms with van der Waals surface area (Å²) in [5, 5.41) is 14.5. The molecule has 0 spiro atoms. The molecule has 1 heterocycles. The number of ketones is 1. The molecule has 2 aromatic rings. The molecular formula is C14H15N3O3. The second-order valence-electron chi connectivity index (χ2n) is 4.56. The van der Waals surface area contributed by atoms with Crippen LogP contribution in [0.1, 0.15) is 28.4 Å². The quantitative estimate of drug-likeness (QED) is 0.476. The molecule has 1 aromatic carbocycles. The zero-order chi connectivity index (χ0) is 14.7. The van der Waals surface area contributed by atoms with E-state index in [1.54, 1.807) is 19.1 Å². The van der Waals surface area contributed by atoms with E-state index in [2.05, 4.69) is 5.10 Å². The summed E-state index contributed by atoms with van der Waals surface area (Å²) >= 11 is 0. The number of hydrogen-bond acceptors (Lipinski definition) is 4. The Balaban J connectivity index is 2.14. The maximum atomic E-state index is 12.1. The number of nitro groups is 1. The molecule has 0 amide bonds. The number of aryl methyl sites for hydroxylation is 2. The van der Waals surface area contributed by atoms with Crippen LogP contribution in [0.25, 0.3) is 0 Å². The first-order valence-electron chi connectivity index (χ1n) is 6.32. The van der Waals surface area contributed by atoms with E-state index in [9.17, 15) is 14.9 Å².